The molecule has 4 atom stereocenters. The van der Waals surface area contributed by atoms with Gasteiger partial charge in [-0.2, -0.15) is 0 Å². The van der Waals surface area contributed by atoms with E-state index >= 15 is 0 Å². The highest BCUT2D eigenvalue weighted by molar-refractivity contribution is 5.74. The van der Waals surface area contributed by atoms with Crippen molar-refractivity contribution in [1.29, 1.82) is 0 Å². The molecule has 3 heterocycles. The van der Waals surface area contributed by atoms with Crippen LogP contribution in [-0.2, 0) is 9.47 Å². The normalized spacial score (nSPS) is 31.4. The quantitative estimate of drug-likeness (QED) is 0.856. The van der Waals surface area contributed by atoms with Gasteiger partial charge in [0.1, 0.15) is 18.0 Å². The third-order valence-electron chi connectivity index (χ3n) is 5.40. The molecule has 142 valence electrons. The summed E-state index contributed by atoms with van der Waals surface area (Å²) in [6.07, 6.45) is 8.75. The van der Waals surface area contributed by atoms with Crippen LogP contribution in [0.5, 0.6) is 5.75 Å². The van der Waals surface area contributed by atoms with E-state index in [0.717, 1.165) is 18.4 Å². The van der Waals surface area contributed by atoms with Crippen molar-refractivity contribution in [3.8, 4) is 5.75 Å². The van der Waals surface area contributed by atoms with Crippen LogP contribution in [0.15, 0.2) is 18.5 Å². The van der Waals surface area contributed by atoms with Crippen molar-refractivity contribution in [2.24, 2.45) is 0 Å². The van der Waals surface area contributed by atoms with Crippen LogP contribution in [0.25, 0.3) is 0 Å². The van der Waals surface area contributed by atoms with Crippen LogP contribution < -0.4 is 15.4 Å². The molecule has 3 fully saturated rings. The van der Waals surface area contributed by atoms with E-state index in [2.05, 4.69) is 15.6 Å². The number of amides is 2. The molecule has 1 saturated carbocycles. The molecule has 2 saturated heterocycles. The summed E-state index contributed by atoms with van der Waals surface area (Å²) in [5.41, 5.74) is 1.05. The highest BCUT2D eigenvalue weighted by Gasteiger charge is 2.49. The zero-order chi connectivity index (χ0) is 17.9. The fourth-order valence-electron chi connectivity index (χ4n) is 4.10. The maximum Gasteiger partial charge on any atom is 0.315 e. The number of hydrogen-bond acceptors (Lipinski definition) is 5. The second-order valence-electron chi connectivity index (χ2n) is 7.51. The van der Waals surface area contributed by atoms with E-state index in [1.807, 2.05) is 13.0 Å². The molecule has 0 spiro atoms. The Labute approximate surface area is 153 Å². The van der Waals surface area contributed by atoms with Crippen molar-refractivity contribution in [3.05, 3.63) is 24.0 Å². The number of nitrogens with one attached hydrogen (secondary N) is 2. The number of hydrogen-bond donors (Lipinski definition) is 2. The number of carbonyl (C=O) groups excluding carboxylic acids is 1. The molecule has 2 aliphatic heterocycles. The number of fused-ring (bicyclic) bond motifs is 1. The standard InChI is InChI=1S/C19H27N3O4/c1-12-7-14(9-20-8-12)26-16-11-25-17-15(10-24-18(16)17)22-19(23)21-13-5-3-2-4-6-13/h7-9,13,15-18H,2-6,10-11H2,1H3,(H2,21,22,23)/t15-,16+,17?,18-/m1/s1. The van der Waals surface area contributed by atoms with Crippen molar-refractivity contribution in [2.45, 2.75) is 69.4 Å². The minimum Gasteiger partial charge on any atom is -0.484 e. The first-order valence-electron chi connectivity index (χ1n) is 9.57. The summed E-state index contributed by atoms with van der Waals surface area (Å²) in [6.45, 7) is 2.87. The number of aryl methyl sites for hydroxylation is 1. The lowest BCUT2D eigenvalue weighted by Gasteiger charge is -2.24. The highest BCUT2D eigenvalue weighted by Crippen LogP contribution is 2.30. The molecule has 4 rings (SSSR count). The number of nitrogens with zero attached hydrogens (tertiary/aromatic N) is 1. The second-order valence-corrected chi connectivity index (χ2v) is 7.51. The number of pyridine rings is 1. The van der Waals surface area contributed by atoms with Gasteiger partial charge in [0.05, 0.1) is 25.5 Å². The van der Waals surface area contributed by atoms with E-state index in [-0.39, 0.29) is 36.4 Å². The fourth-order valence-corrected chi connectivity index (χ4v) is 4.10. The van der Waals surface area contributed by atoms with Gasteiger partial charge in [0.15, 0.2) is 6.10 Å². The minimum atomic E-state index is -0.184. The molecule has 1 aromatic rings. The molecule has 1 aliphatic carbocycles. The Kier molecular flexibility index (Phi) is 5.26. The van der Waals surface area contributed by atoms with E-state index in [1.54, 1.807) is 12.4 Å². The molecule has 0 radical (unpaired) electrons. The molecule has 3 aliphatic rings. The summed E-state index contributed by atoms with van der Waals surface area (Å²) in [5, 5.41) is 6.11. The smallest absolute Gasteiger partial charge is 0.315 e. The summed E-state index contributed by atoms with van der Waals surface area (Å²) in [5.74, 6) is 0.717. The van der Waals surface area contributed by atoms with Crippen LogP contribution in [0.4, 0.5) is 4.79 Å². The number of ether oxygens (including phenoxy) is 3. The van der Waals surface area contributed by atoms with E-state index in [0.29, 0.717) is 19.0 Å². The van der Waals surface area contributed by atoms with Crippen molar-refractivity contribution < 1.29 is 19.0 Å². The Morgan fingerprint density at radius 2 is 1.92 bits per heavy atom. The zero-order valence-electron chi connectivity index (χ0n) is 15.1. The van der Waals surface area contributed by atoms with Gasteiger partial charge in [-0.15, -0.1) is 0 Å². The lowest BCUT2D eigenvalue weighted by molar-refractivity contribution is 0.0302. The van der Waals surface area contributed by atoms with Crippen molar-refractivity contribution in [1.82, 2.24) is 15.6 Å². The first-order valence-corrected chi connectivity index (χ1v) is 9.57. The number of urea groups is 1. The Balaban J connectivity index is 1.29. The minimum absolute atomic E-state index is 0.123. The number of aromatic nitrogens is 1. The summed E-state index contributed by atoms with van der Waals surface area (Å²) in [6, 6.07) is 1.97. The van der Waals surface area contributed by atoms with Crippen LogP contribution >= 0.6 is 0 Å². The first-order chi connectivity index (χ1) is 12.7. The maximum atomic E-state index is 12.3. The lowest BCUT2D eigenvalue weighted by atomic mass is 9.96. The average Bonchev–Trinajstić information content (AvgIpc) is 3.20. The molecule has 7 heteroatoms. The molecule has 7 nitrogen and oxygen atoms in total. The van der Waals surface area contributed by atoms with Gasteiger partial charge < -0.3 is 24.8 Å². The number of rotatable bonds is 4. The lowest BCUT2D eigenvalue weighted by Crippen LogP contribution is -2.51. The molecule has 26 heavy (non-hydrogen) atoms. The summed E-state index contributed by atoms with van der Waals surface area (Å²) < 4.78 is 17.8. The van der Waals surface area contributed by atoms with Crippen molar-refractivity contribution in [2.75, 3.05) is 13.2 Å². The van der Waals surface area contributed by atoms with Crippen LogP contribution in [0.3, 0.4) is 0 Å². The molecular formula is C19H27N3O4. The molecule has 2 N–H and O–H groups in total. The van der Waals surface area contributed by atoms with Crippen molar-refractivity contribution in [3.63, 3.8) is 0 Å². The molecule has 0 bridgehead atoms. The summed E-state index contributed by atoms with van der Waals surface area (Å²) in [4.78, 5) is 16.4. The van der Waals surface area contributed by atoms with Gasteiger partial charge >= 0.3 is 6.03 Å². The monoisotopic (exact) mass is 361 g/mol. The third kappa shape index (κ3) is 3.94. The van der Waals surface area contributed by atoms with Gasteiger partial charge in [-0.1, -0.05) is 19.3 Å². The Morgan fingerprint density at radius 1 is 1.12 bits per heavy atom. The topological polar surface area (TPSA) is 81.7 Å². The van der Waals surface area contributed by atoms with Gasteiger partial charge in [-0.3, -0.25) is 4.98 Å². The highest BCUT2D eigenvalue weighted by atomic mass is 16.6. The Morgan fingerprint density at radius 3 is 2.73 bits per heavy atom. The third-order valence-corrected chi connectivity index (χ3v) is 5.40. The van der Waals surface area contributed by atoms with Crippen LogP contribution in [0.1, 0.15) is 37.7 Å². The van der Waals surface area contributed by atoms with Gasteiger partial charge in [-0.25, -0.2) is 4.79 Å². The van der Waals surface area contributed by atoms with Crippen LogP contribution in [-0.4, -0.2) is 54.6 Å². The van der Waals surface area contributed by atoms with Crippen molar-refractivity contribution >= 4 is 6.03 Å². The molecule has 2 amide bonds. The molecule has 1 unspecified atom stereocenters. The van der Waals surface area contributed by atoms with E-state index in [9.17, 15) is 4.79 Å². The summed E-state index contributed by atoms with van der Waals surface area (Å²) >= 11 is 0. The van der Waals surface area contributed by atoms with E-state index in [1.165, 1.54) is 19.3 Å². The zero-order valence-corrected chi connectivity index (χ0v) is 15.1. The van der Waals surface area contributed by atoms with Gasteiger partial charge in [-0.05, 0) is 31.4 Å². The second kappa shape index (κ2) is 7.80. The van der Waals surface area contributed by atoms with Gasteiger partial charge in [0.25, 0.3) is 0 Å². The molecular weight excluding hydrogens is 334 g/mol. The fraction of sp³-hybridized carbons (Fsp3) is 0.684. The largest absolute Gasteiger partial charge is 0.484 e. The predicted molar refractivity (Wildman–Crippen MR) is 95.2 cm³/mol. The predicted octanol–water partition coefficient (Wildman–Crippen LogP) is 1.94. The van der Waals surface area contributed by atoms with Gasteiger partial charge in [0, 0.05) is 12.2 Å². The van der Waals surface area contributed by atoms with E-state index in [4.69, 9.17) is 14.2 Å². The first kappa shape index (κ1) is 17.5. The van der Waals surface area contributed by atoms with Crippen LogP contribution in [0, 0.1) is 6.92 Å². The Bertz CT molecular complexity index is 635. The summed E-state index contributed by atoms with van der Waals surface area (Å²) in [7, 11) is 0. The molecule has 0 aromatic carbocycles. The maximum absolute atomic E-state index is 12.3. The van der Waals surface area contributed by atoms with Gasteiger partial charge in [0.2, 0.25) is 0 Å². The van der Waals surface area contributed by atoms with E-state index < -0.39 is 0 Å². The average molecular weight is 361 g/mol. The molecule has 1 aromatic heterocycles. The van der Waals surface area contributed by atoms with Crippen LogP contribution in [0.2, 0.25) is 0 Å². The number of carbonyl (C=O) groups is 1. The Hall–Kier alpha value is -1.86. The SMILES string of the molecule is Cc1cncc(O[C@H]2COC3[C@H](NC(=O)NC4CCCCC4)CO[C@@H]32)c1.